The molecule has 0 saturated heterocycles. The molecule has 1 aromatic carbocycles. The normalized spacial score (nSPS) is 10.1. The molecule has 0 aliphatic carbocycles. The molecule has 0 aliphatic heterocycles. The quantitative estimate of drug-likeness (QED) is 0.823. The van der Waals surface area contributed by atoms with E-state index in [1.54, 1.807) is 14.1 Å². The van der Waals surface area contributed by atoms with Gasteiger partial charge in [0.2, 0.25) is 0 Å². The van der Waals surface area contributed by atoms with E-state index < -0.39 is 0 Å². The molecule has 0 bridgehead atoms. The number of aryl methyl sites for hydroxylation is 1. The monoisotopic (exact) mass is 250 g/mol. The molecule has 0 N–H and O–H groups in total. The number of amides is 1. The fourth-order valence-corrected chi connectivity index (χ4v) is 1.72. The Balaban J connectivity index is 2.96. The first-order valence-electron chi connectivity index (χ1n) is 6.15. The zero-order valence-corrected chi connectivity index (χ0v) is 11.9. The summed E-state index contributed by atoms with van der Waals surface area (Å²) < 4.78 is 5.27. The van der Waals surface area contributed by atoms with Crippen LogP contribution >= 0.6 is 0 Å². The van der Waals surface area contributed by atoms with Crippen LogP contribution in [0.4, 0.5) is 10.5 Å². The Morgan fingerprint density at radius 2 is 1.89 bits per heavy atom. The van der Waals surface area contributed by atoms with Gasteiger partial charge in [0.05, 0.1) is 0 Å². The summed E-state index contributed by atoms with van der Waals surface area (Å²) in [6, 6.07) is 5.76. The number of carbonyl (C=O) groups is 1. The fraction of sp³-hybridized carbons (Fsp3) is 0.500. The molecule has 18 heavy (non-hydrogen) atoms. The Hall–Kier alpha value is -1.71. The van der Waals surface area contributed by atoms with Gasteiger partial charge in [-0.25, -0.2) is 4.79 Å². The molecule has 0 spiro atoms. The Bertz CT molecular complexity index is 414. The summed E-state index contributed by atoms with van der Waals surface area (Å²) in [6.07, 6.45) is 1.68. The van der Waals surface area contributed by atoms with Crippen molar-refractivity contribution < 1.29 is 9.53 Å². The molecule has 0 saturated carbocycles. The third-order valence-corrected chi connectivity index (χ3v) is 2.62. The van der Waals surface area contributed by atoms with E-state index in [4.69, 9.17) is 4.74 Å². The fourth-order valence-electron chi connectivity index (χ4n) is 1.72. The number of rotatable bonds is 4. The van der Waals surface area contributed by atoms with Crippen LogP contribution in [0.3, 0.4) is 0 Å². The van der Waals surface area contributed by atoms with Crippen LogP contribution in [0.2, 0.25) is 0 Å². The summed E-state index contributed by atoms with van der Waals surface area (Å²) in [5.41, 5.74) is 2.37. The molecule has 100 valence electrons. The summed E-state index contributed by atoms with van der Waals surface area (Å²) in [5.74, 6) is 0.600. The predicted octanol–water partition coefficient (Wildman–Crippen LogP) is 2.77. The molecule has 1 amide bonds. The number of anilines is 1. The average molecular weight is 250 g/mol. The SMILES string of the molecule is CCCc1cc(OC(=O)N(C)C)ccc1N(C)C. The predicted molar refractivity (Wildman–Crippen MR) is 74.5 cm³/mol. The zero-order valence-electron chi connectivity index (χ0n) is 11.9. The second kappa shape index (κ2) is 6.28. The maximum Gasteiger partial charge on any atom is 0.414 e. The Kier molecular flexibility index (Phi) is 5.01. The highest BCUT2D eigenvalue weighted by Crippen LogP contribution is 2.25. The van der Waals surface area contributed by atoms with E-state index in [0.29, 0.717) is 5.75 Å². The van der Waals surface area contributed by atoms with Crippen LogP contribution in [0.25, 0.3) is 0 Å². The Morgan fingerprint density at radius 1 is 1.22 bits per heavy atom. The highest BCUT2D eigenvalue weighted by molar-refractivity contribution is 5.70. The first kappa shape index (κ1) is 14.4. The summed E-state index contributed by atoms with van der Waals surface area (Å²) >= 11 is 0. The third kappa shape index (κ3) is 3.65. The van der Waals surface area contributed by atoms with Gasteiger partial charge in [-0.2, -0.15) is 0 Å². The van der Waals surface area contributed by atoms with Crippen molar-refractivity contribution in [3.05, 3.63) is 23.8 Å². The van der Waals surface area contributed by atoms with Crippen molar-refractivity contribution in [1.82, 2.24) is 4.90 Å². The van der Waals surface area contributed by atoms with Crippen molar-refractivity contribution in [3.63, 3.8) is 0 Å². The van der Waals surface area contributed by atoms with Gasteiger partial charge < -0.3 is 14.5 Å². The van der Waals surface area contributed by atoms with Crippen LogP contribution in [-0.2, 0) is 6.42 Å². The lowest BCUT2D eigenvalue weighted by Gasteiger charge is -2.18. The average Bonchev–Trinajstić information content (AvgIpc) is 2.29. The van der Waals surface area contributed by atoms with Gasteiger partial charge in [0.1, 0.15) is 5.75 Å². The number of hydrogen-bond donors (Lipinski definition) is 0. The third-order valence-electron chi connectivity index (χ3n) is 2.62. The highest BCUT2D eigenvalue weighted by atomic mass is 16.6. The van der Waals surface area contributed by atoms with Crippen LogP contribution in [0, 0.1) is 0 Å². The number of benzene rings is 1. The second-order valence-corrected chi connectivity index (χ2v) is 4.70. The topological polar surface area (TPSA) is 32.8 Å². The van der Waals surface area contributed by atoms with Gasteiger partial charge in [0, 0.05) is 33.9 Å². The molecule has 0 aromatic heterocycles. The molecule has 4 heteroatoms. The van der Waals surface area contributed by atoms with Crippen LogP contribution < -0.4 is 9.64 Å². The molecule has 0 aliphatic rings. The van der Waals surface area contributed by atoms with Crippen molar-refractivity contribution in [1.29, 1.82) is 0 Å². The van der Waals surface area contributed by atoms with Crippen molar-refractivity contribution in [2.45, 2.75) is 19.8 Å². The second-order valence-electron chi connectivity index (χ2n) is 4.70. The van der Waals surface area contributed by atoms with Crippen LogP contribution in [0.1, 0.15) is 18.9 Å². The molecule has 0 unspecified atom stereocenters. The number of carbonyl (C=O) groups excluding carboxylic acids is 1. The van der Waals surface area contributed by atoms with E-state index in [2.05, 4.69) is 11.8 Å². The highest BCUT2D eigenvalue weighted by Gasteiger charge is 2.10. The first-order chi connectivity index (χ1) is 8.45. The standard InChI is InChI=1S/C14H22N2O2/c1-6-7-11-10-12(18-14(17)16(4)5)8-9-13(11)15(2)3/h8-10H,6-7H2,1-5H3. The zero-order chi connectivity index (χ0) is 13.7. The molecule has 1 rings (SSSR count). The smallest absolute Gasteiger partial charge is 0.410 e. The van der Waals surface area contributed by atoms with Gasteiger partial charge in [0.25, 0.3) is 0 Å². The summed E-state index contributed by atoms with van der Waals surface area (Å²) in [4.78, 5) is 15.0. The first-order valence-corrected chi connectivity index (χ1v) is 6.15. The van der Waals surface area contributed by atoms with Crippen molar-refractivity contribution in [2.75, 3.05) is 33.1 Å². The maximum atomic E-state index is 11.5. The lowest BCUT2D eigenvalue weighted by atomic mass is 10.1. The van der Waals surface area contributed by atoms with E-state index in [-0.39, 0.29) is 6.09 Å². The van der Waals surface area contributed by atoms with E-state index in [0.717, 1.165) is 12.8 Å². The minimum Gasteiger partial charge on any atom is -0.410 e. The minimum absolute atomic E-state index is 0.352. The van der Waals surface area contributed by atoms with Crippen LogP contribution in [0.5, 0.6) is 5.75 Å². The summed E-state index contributed by atoms with van der Waals surface area (Å²) in [7, 11) is 7.37. The molecule has 0 atom stereocenters. The maximum absolute atomic E-state index is 11.5. The molecule has 4 nitrogen and oxygen atoms in total. The number of nitrogens with zero attached hydrogens (tertiary/aromatic N) is 2. The number of hydrogen-bond acceptors (Lipinski definition) is 3. The van der Waals surface area contributed by atoms with Crippen molar-refractivity contribution >= 4 is 11.8 Å². The molecule has 0 heterocycles. The van der Waals surface area contributed by atoms with E-state index in [1.165, 1.54) is 16.2 Å². The van der Waals surface area contributed by atoms with Crippen LogP contribution in [-0.4, -0.2) is 39.2 Å². The molecule has 0 fully saturated rings. The Labute approximate surface area is 109 Å². The largest absolute Gasteiger partial charge is 0.414 e. The van der Waals surface area contributed by atoms with E-state index >= 15 is 0 Å². The van der Waals surface area contributed by atoms with Crippen molar-refractivity contribution in [2.24, 2.45) is 0 Å². The van der Waals surface area contributed by atoms with E-state index in [1.807, 2.05) is 32.3 Å². The van der Waals surface area contributed by atoms with Crippen LogP contribution in [0.15, 0.2) is 18.2 Å². The molecular weight excluding hydrogens is 228 g/mol. The van der Waals surface area contributed by atoms with E-state index in [9.17, 15) is 4.79 Å². The van der Waals surface area contributed by atoms with Crippen molar-refractivity contribution in [3.8, 4) is 5.75 Å². The van der Waals surface area contributed by atoms with Gasteiger partial charge in [-0.05, 0) is 30.2 Å². The molecule has 1 aromatic rings. The molecular formula is C14H22N2O2. The summed E-state index contributed by atoms with van der Waals surface area (Å²) in [6.45, 7) is 2.14. The number of ether oxygens (including phenoxy) is 1. The Morgan fingerprint density at radius 3 is 2.39 bits per heavy atom. The lowest BCUT2D eigenvalue weighted by molar-refractivity contribution is 0.172. The summed E-state index contributed by atoms with van der Waals surface area (Å²) in [5, 5.41) is 0. The van der Waals surface area contributed by atoms with Gasteiger partial charge in [-0.3, -0.25) is 0 Å². The minimum atomic E-state index is -0.352. The van der Waals surface area contributed by atoms with Gasteiger partial charge in [-0.15, -0.1) is 0 Å². The van der Waals surface area contributed by atoms with Gasteiger partial charge in [0.15, 0.2) is 0 Å². The molecule has 0 radical (unpaired) electrons. The van der Waals surface area contributed by atoms with Gasteiger partial charge in [-0.1, -0.05) is 13.3 Å². The lowest BCUT2D eigenvalue weighted by Crippen LogP contribution is -2.25. The van der Waals surface area contributed by atoms with Gasteiger partial charge >= 0.3 is 6.09 Å².